The van der Waals surface area contributed by atoms with E-state index in [1.807, 2.05) is 0 Å². The summed E-state index contributed by atoms with van der Waals surface area (Å²) in [6.07, 6.45) is 3.18. The number of nitrogens with zero attached hydrogens (tertiary/aromatic N) is 1. The van der Waals surface area contributed by atoms with Gasteiger partial charge in [0.25, 0.3) is 15.9 Å². The predicted octanol–water partition coefficient (Wildman–Crippen LogP) is 3.55. The SMILES string of the molecule is O=C(NCCCN1CCCC1)c1ccccc1S(=O)(=O)Nc1ccc2ccccc2c1C(=O)O. The molecule has 178 valence electrons. The third kappa shape index (κ3) is 5.21. The van der Waals surface area contributed by atoms with Crippen molar-refractivity contribution in [2.75, 3.05) is 30.9 Å². The summed E-state index contributed by atoms with van der Waals surface area (Å²) in [5.74, 6) is -1.74. The lowest BCUT2D eigenvalue weighted by Crippen LogP contribution is -2.30. The Morgan fingerprint density at radius 2 is 1.65 bits per heavy atom. The van der Waals surface area contributed by atoms with Gasteiger partial charge in [-0.2, -0.15) is 0 Å². The molecule has 3 aromatic rings. The van der Waals surface area contributed by atoms with Gasteiger partial charge < -0.3 is 15.3 Å². The number of fused-ring (bicyclic) bond motifs is 1. The second kappa shape index (κ2) is 10.2. The molecule has 0 spiro atoms. The van der Waals surface area contributed by atoms with Crippen molar-refractivity contribution >= 4 is 38.4 Å². The minimum atomic E-state index is -4.24. The van der Waals surface area contributed by atoms with Crippen molar-refractivity contribution in [2.45, 2.75) is 24.2 Å². The smallest absolute Gasteiger partial charge is 0.338 e. The summed E-state index contributed by atoms with van der Waals surface area (Å²) in [5.41, 5.74) is -0.202. The Morgan fingerprint density at radius 1 is 0.941 bits per heavy atom. The van der Waals surface area contributed by atoms with Crippen molar-refractivity contribution in [3.8, 4) is 0 Å². The van der Waals surface area contributed by atoms with E-state index in [2.05, 4.69) is 14.9 Å². The number of hydrogen-bond donors (Lipinski definition) is 3. The van der Waals surface area contributed by atoms with Crippen molar-refractivity contribution in [1.82, 2.24) is 10.2 Å². The first kappa shape index (κ1) is 23.7. The van der Waals surface area contributed by atoms with E-state index in [1.165, 1.54) is 37.1 Å². The Hall–Kier alpha value is -3.43. The van der Waals surface area contributed by atoms with Gasteiger partial charge in [0.2, 0.25) is 0 Å². The first-order chi connectivity index (χ1) is 16.4. The van der Waals surface area contributed by atoms with Gasteiger partial charge in [-0.05, 0) is 67.9 Å². The number of carboxylic acids is 1. The number of rotatable bonds is 9. The summed E-state index contributed by atoms with van der Waals surface area (Å²) in [4.78, 5) is 26.9. The third-order valence-corrected chi connectivity index (χ3v) is 7.37. The average Bonchev–Trinajstić information content (AvgIpc) is 3.34. The normalized spacial score (nSPS) is 14.2. The van der Waals surface area contributed by atoms with Gasteiger partial charge in [0.15, 0.2) is 0 Å². The van der Waals surface area contributed by atoms with Gasteiger partial charge in [0, 0.05) is 6.54 Å². The predicted molar refractivity (Wildman–Crippen MR) is 131 cm³/mol. The minimum absolute atomic E-state index is 0.00818. The van der Waals surface area contributed by atoms with Gasteiger partial charge >= 0.3 is 5.97 Å². The van der Waals surface area contributed by atoms with Crippen LogP contribution in [0, 0.1) is 0 Å². The Morgan fingerprint density at radius 3 is 2.41 bits per heavy atom. The zero-order valence-corrected chi connectivity index (χ0v) is 19.5. The van der Waals surface area contributed by atoms with E-state index in [4.69, 9.17) is 0 Å². The van der Waals surface area contributed by atoms with E-state index in [0.29, 0.717) is 17.3 Å². The number of amides is 1. The molecule has 0 bridgehead atoms. The van der Waals surface area contributed by atoms with Crippen LogP contribution < -0.4 is 10.0 Å². The van der Waals surface area contributed by atoms with Crippen LogP contribution in [0.5, 0.6) is 0 Å². The maximum absolute atomic E-state index is 13.3. The Labute approximate surface area is 198 Å². The van der Waals surface area contributed by atoms with Gasteiger partial charge in [-0.25, -0.2) is 13.2 Å². The molecule has 0 saturated carbocycles. The Kier molecular flexibility index (Phi) is 7.14. The Bertz CT molecular complexity index is 1320. The number of aromatic carboxylic acids is 1. The quantitative estimate of drug-likeness (QED) is 0.403. The molecule has 1 saturated heterocycles. The van der Waals surface area contributed by atoms with Crippen LogP contribution in [0.4, 0.5) is 5.69 Å². The number of sulfonamides is 1. The van der Waals surface area contributed by atoms with Gasteiger partial charge in [0.1, 0.15) is 4.90 Å². The largest absolute Gasteiger partial charge is 0.478 e. The molecule has 9 heteroatoms. The third-order valence-electron chi connectivity index (χ3n) is 5.94. The molecule has 0 unspecified atom stereocenters. The summed E-state index contributed by atoms with van der Waals surface area (Å²) in [5, 5.41) is 13.7. The van der Waals surface area contributed by atoms with Crippen LogP contribution in [0.25, 0.3) is 10.8 Å². The van der Waals surface area contributed by atoms with E-state index in [1.54, 1.807) is 36.4 Å². The molecule has 1 heterocycles. The molecule has 0 aromatic heterocycles. The molecule has 1 aliphatic heterocycles. The molecular formula is C25H27N3O5S. The van der Waals surface area contributed by atoms with Crippen LogP contribution >= 0.6 is 0 Å². The summed E-state index contributed by atoms with van der Waals surface area (Å²) < 4.78 is 28.9. The first-order valence-electron chi connectivity index (χ1n) is 11.2. The number of likely N-dealkylation sites (tertiary alicyclic amines) is 1. The number of hydrogen-bond acceptors (Lipinski definition) is 5. The summed E-state index contributed by atoms with van der Waals surface area (Å²) in [7, 11) is -4.24. The van der Waals surface area contributed by atoms with Crippen molar-refractivity contribution in [1.29, 1.82) is 0 Å². The van der Waals surface area contributed by atoms with Crippen LogP contribution in [-0.4, -0.2) is 56.5 Å². The average molecular weight is 482 g/mol. The molecule has 0 atom stereocenters. The van der Waals surface area contributed by atoms with Crippen molar-refractivity contribution < 1.29 is 23.1 Å². The van der Waals surface area contributed by atoms with E-state index in [-0.39, 0.29) is 21.7 Å². The highest BCUT2D eigenvalue weighted by atomic mass is 32.2. The molecule has 34 heavy (non-hydrogen) atoms. The number of carbonyl (C=O) groups excluding carboxylic acids is 1. The maximum Gasteiger partial charge on any atom is 0.338 e. The van der Waals surface area contributed by atoms with Crippen LogP contribution in [0.2, 0.25) is 0 Å². The summed E-state index contributed by atoms with van der Waals surface area (Å²) >= 11 is 0. The molecule has 1 amide bonds. The van der Waals surface area contributed by atoms with Gasteiger partial charge in [-0.15, -0.1) is 0 Å². The van der Waals surface area contributed by atoms with E-state index >= 15 is 0 Å². The molecule has 3 N–H and O–H groups in total. The Balaban J connectivity index is 1.55. The first-order valence-corrected chi connectivity index (χ1v) is 12.7. The lowest BCUT2D eigenvalue weighted by Gasteiger charge is -2.16. The molecule has 3 aromatic carbocycles. The van der Waals surface area contributed by atoms with Crippen molar-refractivity contribution in [3.63, 3.8) is 0 Å². The van der Waals surface area contributed by atoms with Gasteiger partial charge in [0.05, 0.1) is 16.8 Å². The standard InChI is InChI=1S/C25H27N3O5S/c29-24(26-14-7-17-28-15-5-6-16-28)20-10-3-4-11-22(20)34(32,33)27-21-13-12-18-8-1-2-9-19(18)23(21)25(30)31/h1-4,8-13,27H,5-7,14-17H2,(H,26,29)(H,30,31). The highest BCUT2D eigenvalue weighted by molar-refractivity contribution is 7.92. The van der Waals surface area contributed by atoms with E-state index in [0.717, 1.165) is 26.1 Å². The number of carboxylic acid groups (broad SMARTS) is 1. The van der Waals surface area contributed by atoms with Crippen molar-refractivity contribution in [3.05, 3.63) is 71.8 Å². The van der Waals surface area contributed by atoms with E-state index in [9.17, 15) is 23.1 Å². The topological polar surface area (TPSA) is 116 Å². The maximum atomic E-state index is 13.3. The molecule has 1 fully saturated rings. The number of carbonyl (C=O) groups is 2. The fraction of sp³-hybridized carbons (Fsp3) is 0.280. The zero-order valence-electron chi connectivity index (χ0n) is 18.7. The van der Waals surface area contributed by atoms with Crippen LogP contribution in [0.15, 0.2) is 65.6 Å². The highest BCUT2D eigenvalue weighted by Gasteiger charge is 2.25. The fourth-order valence-corrected chi connectivity index (χ4v) is 5.56. The monoisotopic (exact) mass is 481 g/mol. The molecular weight excluding hydrogens is 454 g/mol. The highest BCUT2D eigenvalue weighted by Crippen LogP contribution is 2.29. The van der Waals surface area contributed by atoms with Crippen molar-refractivity contribution in [2.24, 2.45) is 0 Å². The second-order valence-corrected chi connectivity index (χ2v) is 9.93. The van der Waals surface area contributed by atoms with Gasteiger partial charge in [-0.1, -0.05) is 42.5 Å². The number of anilines is 1. The molecule has 8 nitrogen and oxygen atoms in total. The van der Waals surface area contributed by atoms with E-state index < -0.39 is 21.9 Å². The fourth-order valence-electron chi connectivity index (χ4n) is 4.28. The zero-order chi connectivity index (χ0) is 24.1. The lowest BCUT2D eigenvalue weighted by molar-refractivity contribution is 0.0700. The lowest BCUT2D eigenvalue weighted by atomic mass is 10.0. The summed E-state index contributed by atoms with van der Waals surface area (Å²) in [6, 6.07) is 15.8. The van der Waals surface area contributed by atoms with Crippen LogP contribution in [0.1, 0.15) is 40.0 Å². The van der Waals surface area contributed by atoms with Crippen LogP contribution in [0.3, 0.4) is 0 Å². The summed E-state index contributed by atoms with van der Waals surface area (Å²) in [6.45, 7) is 3.48. The van der Waals surface area contributed by atoms with Crippen LogP contribution in [-0.2, 0) is 10.0 Å². The number of benzene rings is 3. The molecule has 1 aliphatic rings. The van der Waals surface area contributed by atoms with Gasteiger partial charge in [-0.3, -0.25) is 9.52 Å². The molecule has 0 radical (unpaired) electrons. The molecule has 4 rings (SSSR count). The minimum Gasteiger partial charge on any atom is -0.478 e. The molecule has 0 aliphatic carbocycles. The second-order valence-electron chi connectivity index (χ2n) is 8.27. The number of nitrogens with one attached hydrogen (secondary N) is 2.